The second-order valence-corrected chi connectivity index (χ2v) is 7.55. The smallest absolute Gasteiger partial charge is 0.253 e. The molecule has 5 heteroatoms. The molecule has 0 N–H and O–H groups in total. The van der Waals surface area contributed by atoms with Gasteiger partial charge in [-0.1, -0.05) is 18.2 Å². The Bertz CT molecular complexity index is 986. The van der Waals surface area contributed by atoms with E-state index in [4.69, 9.17) is 9.47 Å². The van der Waals surface area contributed by atoms with Gasteiger partial charge in [0.05, 0.1) is 19.3 Å². The summed E-state index contributed by atoms with van der Waals surface area (Å²) in [6, 6.07) is 14.6. The number of hydrogen-bond donors (Lipinski definition) is 0. The Morgan fingerprint density at radius 2 is 1.76 bits per heavy atom. The molecule has 3 aromatic rings. The first kappa shape index (κ1) is 19.9. The second kappa shape index (κ2) is 8.97. The summed E-state index contributed by atoms with van der Waals surface area (Å²) in [6.45, 7) is 8.53. The zero-order valence-corrected chi connectivity index (χ0v) is 17.4. The number of nitrogens with zero attached hydrogens (tertiary/aromatic N) is 2. The zero-order chi connectivity index (χ0) is 20.2. The van der Waals surface area contributed by atoms with Crippen LogP contribution >= 0.6 is 0 Å². The molecule has 0 aliphatic carbocycles. The van der Waals surface area contributed by atoms with E-state index in [-0.39, 0.29) is 12.0 Å². The molecular formula is C24H30N2O3. The molecular weight excluding hydrogens is 364 g/mol. The lowest BCUT2D eigenvalue weighted by molar-refractivity contribution is -0.0182. The minimum Gasteiger partial charge on any atom is -0.379 e. The van der Waals surface area contributed by atoms with Crippen LogP contribution in [0.3, 0.4) is 0 Å². The Kier molecular flexibility index (Phi) is 6.16. The number of fused-ring (bicyclic) bond motifs is 3. The molecule has 1 aliphatic rings. The number of aryl methyl sites for hydroxylation is 1. The van der Waals surface area contributed by atoms with Crippen molar-refractivity contribution in [2.45, 2.75) is 39.3 Å². The Hall–Kier alpha value is -2.37. The highest BCUT2D eigenvalue weighted by Gasteiger charge is 2.24. The fourth-order valence-corrected chi connectivity index (χ4v) is 4.35. The van der Waals surface area contributed by atoms with Crippen LogP contribution in [-0.4, -0.2) is 54.4 Å². The van der Waals surface area contributed by atoms with E-state index in [0.717, 1.165) is 50.0 Å². The Balaban J connectivity index is 1.48. The summed E-state index contributed by atoms with van der Waals surface area (Å²) in [5.74, 6) is 0.119. The van der Waals surface area contributed by atoms with Crippen molar-refractivity contribution in [2.24, 2.45) is 0 Å². The molecule has 0 radical (unpaired) electrons. The van der Waals surface area contributed by atoms with Gasteiger partial charge in [-0.2, -0.15) is 0 Å². The fraction of sp³-hybridized carbons (Fsp3) is 0.458. The third kappa shape index (κ3) is 4.02. The van der Waals surface area contributed by atoms with Crippen molar-refractivity contribution in [1.29, 1.82) is 0 Å². The number of ether oxygens (including phenoxy) is 2. The molecule has 4 rings (SSSR count). The van der Waals surface area contributed by atoms with Gasteiger partial charge in [-0.05, 0) is 51.0 Å². The average molecular weight is 395 g/mol. The van der Waals surface area contributed by atoms with Crippen molar-refractivity contribution in [1.82, 2.24) is 9.47 Å². The molecule has 0 unspecified atom stereocenters. The second-order valence-electron chi connectivity index (χ2n) is 7.55. The van der Waals surface area contributed by atoms with Crippen LogP contribution < -0.4 is 0 Å². The molecule has 1 fully saturated rings. The largest absolute Gasteiger partial charge is 0.379 e. The minimum atomic E-state index is 0.119. The highest BCUT2D eigenvalue weighted by atomic mass is 16.5. The molecule has 1 saturated heterocycles. The number of likely N-dealkylation sites (tertiary alicyclic amines) is 1. The van der Waals surface area contributed by atoms with E-state index in [1.54, 1.807) is 0 Å². The van der Waals surface area contributed by atoms with Crippen LogP contribution in [0.15, 0.2) is 42.5 Å². The maximum absolute atomic E-state index is 13.1. The van der Waals surface area contributed by atoms with Crippen molar-refractivity contribution >= 4 is 27.7 Å². The number of hydrogen-bond acceptors (Lipinski definition) is 3. The Labute approximate surface area is 172 Å². The minimum absolute atomic E-state index is 0.119. The van der Waals surface area contributed by atoms with Gasteiger partial charge in [0.2, 0.25) is 0 Å². The summed E-state index contributed by atoms with van der Waals surface area (Å²) < 4.78 is 13.5. The molecule has 154 valence electrons. The molecule has 0 bridgehead atoms. The van der Waals surface area contributed by atoms with Crippen molar-refractivity contribution in [3.63, 3.8) is 0 Å². The van der Waals surface area contributed by atoms with E-state index >= 15 is 0 Å². The Morgan fingerprint density at radius 1 is 1.00 bits per heavy atom. The highest BCUT2D eigenvalue weighted by Crippen LogP contribution is 2.30. The summed E-state index contributed by atoms with van der Waals surface area (Å²) in [6.07, 6.45) is 1.99. The summed E-state index contributed by atoms with van der Waals surface area (Å²) in [5.41, 5.74) is 3.18. The van der Waals surface area contributed by atoms with Gasteiger partial charge in [0.25, 0.3) is 5.91 Å². The normalized spacial score (nSPS) is 15.4. The SMILES string of the molecule is CCOCCOC1CCN(C(=O)c2ccc3c(c2)c2ccccc2n3CC)CC1. The van der Waals surface area contributed by atoms with Crippen LogP contribution in [-0.2, 0) is 16.0 Å². The zero-order valence-electron chi connectivity index (χ0n) is 17.4. The maximum Gasteiger partial charge on any atom is 0.253 e. The van der Waals surface area contributed by atoms with Crippen LogP contribution in [0.5, 0.6) is 0 Å². The first-order valence-electron chi connectivity index (χ1n) is 10.7. The molecule has 0 saturated carbocycles. The topological polar surface area (TPSA) is 43.7 Å². The highest BCUT2D eigenvalue weighted by molar-refractivity contribution is 6.10. The van der Waals surface area contributed by atoms with E-state index < -0.39 is 0 Å². The van der Waals surface area contributed by atoms with Crippen LogP contribution in [0.25, 0.3) is 21.8 Å². The third-order valence-electron chi connectivity index (χ3n) is 5.85. The molecule has 1 aromatic heterocycles. The molecule has 0 atom stereocenters. The quantitative estimate of drug-likeness (QED) is 0.555. The summed E-state index contributed by atoms with van der Waals surface area (Å²) in [5, 5.41) is 2.36. The van der Waals surface area contributed by atoms with Crippen molar-refractivity contribution in [2.75, 3.05) is 32.9 Å². The molecule has 1 aliphatic heterocycles. The van der Waals surface area contributed by atoms with E-state index in [9.17, 15) is 4.79 Å². The van der Waals surface area contributed by atoms with Crippen molar-refractivity contribution in [3.05, 3.63) is 48.0 Å². The van der Waals surface area contributed by atoms with E-state index in [1.165, 1.54) is 16.4 Å². The predicted molar refractivity (Wildman–Crippen MR) is 116 cm³/mol. The van der Waals surface area contributed by atoms with Gasteiger partial charge in [-0.3, -0.25) is 4.79 Å². The lowest BCUT2D eigenvalue weighted by atomic mass is 10.0. The number of carbonyl (C=O) groups excluding carboxylic acids is 1. The van der Waals surface area contributed by atoms with Crippen LogP contribution in [0.4, 0.5) is 0 Å². The lowest BCUT2D eigenvalue weighted by Crippen LogP contribution is -2.41. The van der Waals surface area contributed by atoms with E-state index in [0.29, 0.717) is 13.2 Å². The molecule has 29 heavy (non-hydrogen) atoms. The van der Waals surface area contributed by atoms with Gasteiger partial charge in [0, 0.05) is 53.6 Å². The van der Waals surface area contributed by atoms with Gasteiger partial charge < -0.3 is 18.9 Å². The summed E-state index contributed by atoms with van der Waals surface area (Å²) in [4.78, 5) is 15.1. The molecule has 1 amide bonds. The van der Waals surface area contributed by atoms with Gasteiger partial charge >= 0.3 is 0 Å². The van der Waals surface area contributed by atoms with Gasteiger partial charge in [0.1, 0.15) is 0 Å². The Morgan fingerprint density at radius 3 is 2.52 bits per heavy atom. The molecule has 2 heterocycles. The van der Waals surface area contributed by atoms with E-state index in [1.807, 2.05) is 17.9 Å². The third-order valence-corrected chi connectivity index (χ3v) is 5.85. The standard InChI is InChI=1S/C24H30N2O3/c1-3-26-22-8-6-5-7-20(22)21-17-18(9-10-23(21)26)24(27)25-13-11-19(12-14-25)29-16-15-28-4-2/h5-10,17,19H,3-4,11-16H2,1-2H3. The van der Waals surface area contributed by atoms with Gasteiger partial charge in [-0.15, -0.1) is 0 Å². The van der Waals surface area contributed by atoms with Gasteiger partial charge in [-0.25, -0.2) is 0 Å². The number of para-hydroxylation sites is 1. The summed E-state index contributed by atoms with van der Waals surface area (Å²) in [7, 11) is 0. The monoisotopic (exact) mass is 394 g/mol. The molecule has 5 nitrogen and oxygen atoms in total. The number of amides is 1. The van der Waals surface area contributed by atoms with Crippen LogP contribution in [0.2, 0.25) is 0 Å². The molecule has 2 aromatic carbocycles. The van der Waals surface area contributed by atoms with Crippen LogP contribution in [0, 0.1) is 0 Å². The number of carbonyl (C=O) groups is 1. The summed E-state index contributed by atoms with van der Waals surface area (Å²) >= 11 is 0. The van der Waals surface area contributed by atoms with Crippen molar-refractivity contribution < 1.29 is 14.3 Å². The van der Waals surface area contributed by atoms with Crippen molar-refractivity contribution in [3.8, 4) is 0 Å². The number of aromatic nitrogens is 1. The van der Waals surface area contributed by atoms with Crippen LogP contribution in [0.1, 0.15) is 37.0 Å². The number of piperidine rings is 1. The lowest BCUT2D eigenvalue weighted by Gasteiger charge is -2.32. The number of rotatable bonds is 7. The molecule has 0 spiro atoms. The predicted octanol–water partition coefficient (Wildman–Crippen LogP) is 4.47. The number of benzene rings is 2. The fourth-order valence-electron chi connectivity index (χ4n) is 4.35. The first-order chi connectivity index (χ1) is 14.2. The maximum atomic E-state index is 13.1. The average Bonchev–Trinajstić information content (AvgIpc) is 3.09. The van der Waals surface area contributed by atoms with E-state index in [2.05, 4.69) is 47.9 Å². The first-order valence-corrected chi connectivity index (χ1v) is 10.7. The van der Waals surface area contributed by atoms with Gasteiger partial charge in [0.15, 0.2) is 0 Å².